The summed E-state index contributed by atoms with van der Waals surface area (Å²) in [7, 11) is 0. The molecule has 0 saturated heterocycles. The standard InChI is InChI=1S/C18H22N2O3S/c1-11-5-3-4-6-14(11)20-17(21)12(2)23-18(22)13-7-8-15-16(9-13)24-10-19-15/h7-12,14H,3-6H2,1-2H3,(H,20,21)/t11-,12+,14+/m0/s1. The van der Waals surface area contributed by atoms with Crippen molar-refractivity contribution in [1.82, 2.24) is 10.3 Å². The number of benzene rings is 1. The van der Waals surface area contributed by atoms with Crippen molar-refractivity contribution in [3.8, 4) is 0 Å². The quantitative estimate of drug-likeness (QED) is 0.860. The molecule has 0 aliphatic heterocycles. The van der Waals surface area contributed by atoms with E-state index >= 15 is 0 Å². The first kappa shape index (κ1) is 16.9. The lowest BCUT2D eigenvalue weighted by Gasteiger charge is -2.30. The molecule has 3 atom stereocenters. The molecule has 1 fully saturated rings. The Bertz CT molecular complexity index is 743. The van der Waals surface area contributed by atoms with Crippen LogP contribution in [0, 0.1) is 5.92 Å². The Morgan fingerprint density at radius 1 is 1.33 bits per heavy atom. The van der Waals surface area contributed by atoms with Gasteiger partial charge in [0.2, 0.25) is 0 Å². The maximum absolute atomic E-state index is 12.3. The molecule has 1 aliphatic rings. The Hall–Kier alpha value is -1.95. The number of fused-ring (bicyclic) bond motifs is 1. The fraction of sp³-hybridized carbons (Fsp3) is 0.500. The summed E-state index contributed by atoms with van der Waals surface area (Å²) < 4.78 is 6.26. The molecule has 0 radical (unpaired) electrons. The molecule has 1 aromatic carbocycles. The van der Waals surface area contributed by atoms with Crippen LogP contribution < -0.4 is 5.32 Å². The number of esters is 1. The molecular formula is C18H22N2O3S. The highest BCUT2D eigenvalue weighted by Crippen LogP contribution is 2.24. The Kier molecular flexibility index (Phi) is 5.14. The normalized spacial score (nSPS) is 22.1. The molecule has 0 unspecified atom stereocenters. The number of ether oxygens (including phenoxy) is 1. The van der Waals surface area contributed by atoms with Crippen molar-refractivity contribution in [3.63, 3.8) is 0 Å². The summed E-state index contributed by atoms with van der Waals surface area (Å²) >= 11 is 1.47. The SMILES string of the molecule is C[C@@H](OC(=O)c1ccc2ncsc2c1)C(=O)N[C@@H]1CCCC[C@@H]1C. The minimum atomic E-state index is -0.802. The summed E-state index contributed by atoms with van der Waals surface area (Å²) in [5, 5.41) is 3.03. The minimum Gasteiger partial charge on any atom is -0.449 e. The summed E-state index contributed by atoms with van der Waals surface area (Å²) in [6, 6.07) is 5.40. The summed E-state index contributed by atoms with van der Waals surface area (Å²) in [4.78, 5) is 28.7. The Morgan fingerprint density at radius 3 is 2.92 bits per heavy atom. The first-order valence-electron chi connectivity index (χ1n) is 8.39. The summed E-state index contributed by atoms with van der Waals surface area (Å²) in [6.07, 6.45) is 3.68. The van der Waals surface area contributed by atoms with Gasteiger partial charge in [-0.15, -0.1) is 11.3 Å². The summed E-state index contributed by atoms with van der Waals surface area (Å²) in [5.41, 5.74) is 3.03. The first-order valence-corrected chi connectivity index (χ1v) is 9.27. The second-order valence-electron chi connectivity index (χ2n) is 6.46. The average molecular weight is 346 g/mol. The van der Waals surface area contributed by atoms with Gasteiger partial charge in [0.1, 0.15) is 0 Å². The van der Waals surface area contributed by atoms with E-state index in [0.29, 0.717) is 11.5 Å². The molecule has 1 amide bonds. The molecular weight excluding hydrogens is 324 g/mol. The number of rotatable bonds is 4. The van der Waals surface area contributed by atoms with Gasteiger partial charge in [-0.25, -0.2) is 9.78 Å². The molecule has 6 heteroatoms. The molecule has 2 aromatic rings. The smallest absolute Gasteiger partial charge is 0.338 e. The topological polar surface area (TPSA) is 68.3 Å². The van der Waals surface area contributed by atoms with Gasteiger partial charge in [0.15, 0.2) is 6.10 Å². The molecule has 0 spiro atoms. The molecule has 1 heterocycles. The summed E-state index contributed by atoms with van der Waals surface area (Å²) in [5.74, 6) is -0.232. The van der Waals surface area contributed by atoms with Gasteiger partial charge in [-0.05, 0) is 43.9 Å². The fourth-order valence-electron chi connectivity index (χ4n) is 3.09. The van der Waals surface area contributed by atoms with Crippen molar-refractivity contribution in [2.45, 2.75) is 51.7 Å². The number of thiazole rings is 1. The van der Waals surface area contributed by atoms with Gasteiger partial charge in [-0.1, -0.05) is 19.8 Å². The van der Waals surface area contributed by atoms with Crippen molar-refractivity contribution in [1.29, 1.82) is 0 Å². The van der Waals surface area contributed by atoms with Crippen LogP contribution in [0.15, 0.2) is 23.7 Å². The van der Waals surface area contributed by atoms with Crippen LogP contribution in [0.4, 0.5) is 0 Å². The number of hydrogen-bond acceptors (Lipinski definition) is 5. The van der Waals surface area contributed by atoms with Crippen molar-refractivity contribution in [3.05, 3.63) is 29.3 Å². The Morgan fingerprint density at radius 2 is 2.12 bits per heavy atom. The number of aromatic nitrogens is 1. The third-order valence-corrected chi connectivity index (χ3v) is 5.45. The van der Waals surface area contributed by atoms with E-state index in [1.807, 2.05) is 0 Å². The highest BCUT2D eigenvalue weighted by molar-refractivity contribution is 7.16. The minimum absolute atomic E-state index is 0.181. The number of nitrogens with zero attached hydrogens (tertiary/aromatic N) is 1. The fourth-order valence-corrected chi connectivity index (χ4v) is 3.81. The van der Waals surface area contributed by atoms with Gasteiger partial charge in [-0.3, -0.25) is 4.79 Å². The van der Waals surface area contributed by atoms with Crippen LogP contribution >= 0.6 is 11.3 Å². The molecule has 24 heavy (non-hydrogen) atoms. The molecule has 1 aliphatic carbocycles. The molecule has 5 nitrogen and oxygen atoms in total. The van der Waals surface area contributed by atoms with E-state index in [1.54, 1.807) is 30.6 Å². The van der Waals surface area contributed by atoms with Crippen molar-refractivity contribution >= 4 is 33.4 Å². The van der Waals surface area contributed by atoms with Crippen molar-refractivity contribution in [2.75, 3.05) is 0 Å². The highest BCUT2D eigenvalue weighted by atomic mass is 32.1. The van der Waals surface area contributed by atoms with E-state index in [-0.39, 0.29) is 11.9 Å². The van der Waals surface area contributed by atoms with Gasteiger partial charge in [0, 0.05) is 6.04 Å². The molecule has 1 saturated carbocycles. The lowest BCUT2D eigenvalue weighted by Crippen LogP contribution is -2.45. The van der Waals surface area contributed by atoms with Crippen molar-refractivity contribution < 1.29 is 14.3 Å². The molecule has 128 valence electrons. The molecule has 3 rings (SSSR count). The number of carbonyl (C=O) groups is 2. The van der Waals surface area contributed by atoms with E-state index in [9.17, 15) is 9.59 Å². The third kappa shape index (κ3) is 3.75. The van der Waals surface area contributed by atoms with E-state index < -0.39 is 12.1 Å². The van der Waals surface area contributed by atoms with Gasteiger partial charge >= 0.3 is 5.97 Å². The average Bonchev–Trinajstić information content (AvgIpc) is 3.04. The second kappa shape index (κ2) is 7.30. The van der Waals surface area contributed by atoms with E-state index in [4.69, 9.17) is 4.74 Å². The lowest BCUT2D eigenvalue weighted by atomic mass is 9.86. The second-order valence-corrected chi connectivity index (χ2v) is 7.35. The van der Waals surface area contributed by atoms with Crippen LogP contribution in [0.1, 0.15) is 49.9 Å². The number of hydrogen-bond donors (Lipinski definition) is 1. The third-order valence-electron chi connectivity index (χ3n) is 4.66. The van der Waals surface area contributed by atoms with Crippen LogP contribution in [0.25, 0.3) is 10.2 Å². The molecule has 0 bridgehead atoms. The van der Waals surface area contributed by atoms with Crippen LogP contribution in [0.3, 0.4) is 0 Å². The van der Waals surface area contributed by atoms with Crippen LogP contribution in [-0.4, -0.2) is 29.0 Å². The van der Waals surface area contributed by atoms with E-state index in [2.05, 4.69) is 17.2 Å². The van der Waals surface area contributed by atoms with Crippen molar-refractivity contribution in [2.24, 2.45) is 5.92 Å². The maximum atomic E-state index is 12.3. The lowest BCUT2D eigenvalue weighted by molar-refractivity contribution is -0.130. The highest BCUT2D eigenvalue weighted by Gasteiger charge is 2.26. The zero-order valence-electron chi connectivity index (χ0n) is 14.0. The van der Waals surface area contributed by atoms with Gasteiger partial charge in [0.25, 0.3) is 5.91 Å². The predicted molar refractivity (Wildman–Crippen MR) is 94.1 cm³/mol. The zero-order chi connectivity index (χ0) is 17.1. The van der Waals surface area contributed by atoms with Crippen LogP contribution in [-0.2, 0) is 9.53 Å². The van der Waals surface area contributed by atoms with Gasteiger partial charge in [-0.2, -0.15) is 0 Å². The Labute approximate surface area is 145 Å². The van der Waals surface area contributed by atoms with Gasteiger partial charge in [0.05, 0.1) is 21.3 Å². The van der Waals surface area contributed by atoms with Gasteiger partial charge < -0.3 is 10.1 Å². The Balaban J connectivity index is 1.59. The van der Waals surface area contributed by atoms with E-state index in [0.717, 1.165) is 29.5 Å². The van der Waals surface area contributed by atoms with Crippen LogP contribution in [0.5, 0.6) is 0 Å². The van der Waals surface area contributed by atoms with Crippen LogP contribution in [0.2, 0.25) is 0 Å². The number of carbonyl (C=O) groups excluding carboxylic acids is 2. The number of nitrogens with one attached hydrogen (secondary N) is 1. The summed E-state index contributed by atoms with van der Waals surface area (Å²) in [6.45, 7) is 3.77. The largest absolute Gasteiger partial charge is 0.449 e. The van der Waals surface area contributed by atoms with E-state index in [1.165, 1.54) is 17.8 Å². The monoisotopic (exact) mass is 346 g/mol. The molecule has 1 aromatic heterocycles. The zero-order valence-corrected chi connectivity index (χ0v) is 14.8. The first-order chi connectivity index (χ1) is 11.5. The predicted octanol–water partition coefficient (Wildman–Crippen LogP) is 3.54. The number of amides is 1. The molecule has 1 N–H and O–H groups in total. The maximum Gasteiger partial charge on any atom is 0.338 e.